The first-order chi connectivity index (χ1) is 12.1. The number of amides is 1. The molecule has 3 fully saturated rings. The summed E-state index contributed by atoms with van der Waals surface area (Å²) in [6.07, 6.45) is 4.07. The molecule has 1 aromatic rings. The zero-order valence-electron chi connectivity index (χ0n) is 13.4. The van der Waals surface area contributed by atoms with E-state index < -0.39 is 29.5 Å². The Labute approximate surface area is 144 Å². The quantitative estimate of drug-likeness (QED) is 0.785. The standard InChI is InChI=1S/C19H17NO5/c21-17-14-13(18(22)23)12-5-7-19(14,25-12)16-10-6-8-24-15(10)9-3-1-2-4-11(9)20(16)17/h1-5,7,10,12-16H,6,8H2,(H,22,23)/t10-,12-,13+,14-,15-,16+,19+/m1/s1. The molecule has 0 aliphatic carbocycles. The lowest BCUT2D eigenvalue weighted by Gasteiger charge is -2.43. The molecule has 5 aliphatic heterocycles. The molecule has 5 aliphatic rings. The fourth-order valence-corrected chi connectivity index (χ4v) is 5.86. The highest BCUT2D eigenvalue weighted by molar-refractivity contribution is 6.04. The molecule has 0 unspecified atom stereocenters. The van der Waals surface area contributed by atoms with Crippen molar-refractivity contribution < 1.29 is 24.2 Å². The minimum absolute atomic E-state index is 0.0571. The van der Waals surface area contributed by atoms with Crippen LogP contribution in [0.1, 0.15) is 18.1 Å². The van der Waals surface area contributed by atoms with E-state index in [1.807, 2.05) is 41.3 Å². The van der Waals surface area contributed by atoms with Gasteiger partial charge in [-0.1, -0.05) is 30.4 Å². The summed E-state index contributed by atoms with van der Waals surface area (Å²) in [6.45, 7) is 0.651. The molecule has 3 saturated heterocycles. The van der Waals surface area contributed by atoms with Crippen molar-refractivity contribution in [1.29, 1.82) is 0 Å². The van der Waals surface area contributed by atoms with Gasteiger partial charge in [-0.2, -0.15) is 0 Å². The van der Waals surface area contributed by atoms with Crippen molar-refractivity contribution in [3.05, 3.63) is 42.0 Å². The van der Waals surface area contributed by atoms with Crippen molar-refractivity contribution in [3.8, 4) is 0 Å². The smallest absolute Gasteiger partial charge is 0.310 e. The number of rotatable bonds is 1. The lowest BCUT2D eigenvalue weighted by atomic mass is 9.70. The Balaban J connectivity index is 1.59. The number of carbonyl (C=O) groups excluding carboxylic acids is 1. The first-order valence-electron chi connectivity index (χ1n) is 8.77. The highest BCUT2D eigenvalue weighted by Gasteiger charge is 2.74. The SMILES string of the molecule is O=C(O)[C@H]1[C@H]2C=C[C@@]3(O2)[C@@H]2[C@@H]4CCO[C@@H]4c4ccccc4N2C(=O)[C@@H]13. The zero-order chi connectivity index (χ0) is 16.9. The third-order valence-corrected chi connectivity index (χ3v) is 6.66. The normalized spacial score (nSPS) is 45.3. The summed E-state index contributed by atoms with van der Waals surface area (Å²) in [5.74, 6) is -2.42. The molecule has 1 aromatic carbocycles. The molecular weight excluding hydrogens is 322 g/mol. The summed E-state index contributed by atoms with van der Waals surface area (Å²) in [5.41, 5.74) is 1.03. The van der Waals surface area contributed by atoms with E-state index in [1.54, 1.807) is 0 Å². The Morgan fingerprint density at radius 3 is 3.00 bits per heavy atom. The van der Waals surface area contributed by atoms with Crippen LogP contribution in [0.25, 0.3) is 0 Å². The van der Waals surface area contributed by atoms with Gasteiger partial charge in [-0.25, -0.2) is 0 Å². The van der Waals surface area contributed by atoms with E-state index in [1.165, 1.54) is 0 Å². The summed E-state index contributed by atoms with van der Waals surface area (Å²) < 4.78 is 12.2. The number of carbonyl (C=O) groups is 2. The number of aliphatic carboxylic acids is 1. The van der Waals surface area contributed by atoms with Gasteiger partial charge in [0.2, 0.25) is 5.91 Å². The number of carboxylic acid groups (broad SMARTS) is 1. The largest absolute Gasteiger partial charge is 0.481 e. The number of anilines is 1. The average molecular weight is 339 g/mol. The van der Waals surface area contributed by atoms with E-state index in [0.717, 1.165) is 17.7 Å². The molecule has 6 rings (SSSR count). The molecule has 6 heteroatoms. The van der Waals surface area contributed by atoms with Crippen LogP contribution in [-0.4, -0.2) is 41.3 Å². The van der Waals surface area contributed by atoms with Gasteiger partial charge in [0, 0.05) is 23.8 Å². The van der Waals surface area contributed by atoms with Crippen LogP contribution in [0.5, 0.6) is 0 Å². The predicted octanol–water partition coefficient (Wildman–Crippen LogP) is 1.52. The van der Waals surface area contributed by atoms with Crippen LogP contribution in [0, 0.1) is 17.8 Å². The molecular formula is C19H17NO5. The van der Waals surface area contributed by atoms with Crippen molar-refractivity contribution in [2.24, 2.45) is 17.8 Å². The highest BCUT2D eigenvalue weighted by Crippen LogP contribution is 2.62. The fraction of sp³-hybridized carbons (Fsp3) is 0.474. The molecule has 25 heavy (non-hydrogen) atoms. The maximum absolute atomic E-state index is 13.4. The number of hydrogen-bond donors (Lipinski definition) is 1. The van der Waals surface area contributed by atoms with Crippen LogP contribution in [0.2, 0.25) is 0 Å². The van der Waals surface area contributed by atoms with Gasteiger partial charge in [0.1, 0.15) is 11.5 Å². The second kappa shape index (κ2) is 4.31. The van der Waals surface area contributed by atoms with E-state index in [4.69, 9.17) is 9.47 Å². The van der Waals surface area contributed by atoms with Crippen molar-refractivity contribution >= 4 is 17.6 Å². The van der Waals surface area contributed by atoms with E-state index in [9.17, 15) is 14.7 Å². The van der Waals surface area contributed by atoms with Gasteiger partial charge in [0.05, 0.1) is 24.2 Å². The van der Waals surface area contributed by atoms with E-state index in [2.05, 4.69) is 0 Å². The Kier molecular flexibility index (Phi) is 2.42. The average Bonchev–Trinajstić information content (AvgIpc) is 3.35. The lowest BCUT2D eigenvalue weighted by molar-refractivity contribution is -0.146. The molecule has 1 spiro atoms. The van der Waals surface area contributed by atoms with Gasteiger partial charge >= 0.3 is 5.97 Å². The van der Waals surface area contributed by atoms with Crippen molar-refractivity contribution in [1.82, 2.24) is 0 Å². The van der Waals surface area contributed by atoms with Crippen molar-refractivity contribution in [3.63, 3.8) is 0 Å². The molecule has 1 amide bonds. The molecule has 0 radical (unpaired) electrons. The van der Waals surface area contributed by atoms with Crippen LogP contribution in [0.15, 0.2) is 36.4 Å². The molecule has 0 aromatic heterocycles. The number of ether oxygens (including phenoxy) is 2. The third kappa shape index (κ3) is 1.42. The number of benzene rings is 1. The number of nitrogens with zero attached hydrogens (tertiary/aromatic N) is 1. The van der Waals surface area contributed by atoms with E-state index in [-0.39, 0.29) is 24.0 Å². The second-order valence-electron chi connectivity index (χ2n) is 7.59. The van der Waals surface area contributed by atoms with Crippen molar-refractivity contribution in [2.75, 3.05) is 11.5 Å². The third-order valence-electron chi connectivity index (χ3n) is 6.66. The number of carboxylic acids is 1. The molecule has 6 nitrogen and oxygen atoms in total. The fourth-order valence-electron chi connectivity index (χ4n) is 5.86. The van der Waals surface area contributed by atoms with Crippen LogP contribution < -0.4 is 4.90 Å². The Morgan fingerprint density at radius 1 is 1.32 bits per heavy atom. The number of hydrogen-bond acceptors (Lipinski definition) is 4. The van der Waals surface area contributed by atoms with Gasteiger partial charge in [0.15, 0.2) is 0 Å². The van der Waals surface area contributed by atoms with Gasteiger partial charge in [-0.3, -0.25) is 9.59 Å². The molecule has 0 saturated carbocycles. The summed E-state index contributed by atoms with van der Waals surface area (Å²) in [5, 5.41) is 9.70. The zero-order valence-corrected chi connectivity index (χ0v) is 13.4. The Morgan fingerprint density at radius 2 is 2.16 bits per heavy atom. The molecule has 7 atom stereocenters. The van der Waals surface area contributed by atoms with Gasteiger partial charge in [0.25, 0.3) is 0 Å². The number of para-hydroxylation sites is 1. The van der Waals surface area contributed by atoms with E-state index in [0.29, 0.717) is 6.61 Å². The first-order valence-corrected chi connectivity index (χ1v) is 8.77. The van der Waals surface area contributed by atoms with Gasteiger partial charge in [-0.15, -0.1) is 0 Å². The predicted molar refractivity (Wildman–Crippen MR) is 85.9 cm³/mol. The number of fused-ring (bicyclic) bond motifs is 7. The van der Waals surface area contributed by atoms with Gasteiger partial charge < -0.3 is 19.5 Å². The summed E-state index contributed by atoms with van der Waals surface area (Å²) >= 11 is 0. The van der Waals surface area contributed by atoms with Crippen molar-refractivity contribution in [2.45, 2.75) is 30.3 Å². The van der Waals surface area contributed by atoms with Crippen LogP contribution >= 0.6 is 0 Å². The Hall–Kier alpha value is -2.18. The lowest BCUT2D eigenvalue weighted by Crippen LogP contribution is -2.53. The minimum Gasteiger partial charge on any atom is -0.481 e. The summed E-state index contributed by atoms with van der Waals surface area (Å²) in [7, 11) is 0. The highest BCUT2D eigenvalue weighted by atomic mass is 16.5. The monoisotopic (exact) mass is 339 g/mol. The van der Waals surface area contributed by atoms with Crippen LogP contribution in [-0.2, 0) is 19.1 Å². The topological polar surface area (TPSA) is 76.1 Å². The Bertz CT molecular complexity index is 850. The molecule has 128 valence electrons. The maximum Gasteiger partial charge on any atom is 0.310 e. The molecule has 1 N–H and O–H groups in total. The van der Waals surface area contributed by atoms with Gasteiger partial charge in [-0.05, 0) is 12.5 Å². The van der Waals surface area contributed by atoms with Crippen LogP contribution in [0.3, 0.4) is 0 Å². The molecule has 2 bridgehead atoms. The summed E-state index contributed by atoms with van der Waals surface area (Å²) in [4.78, 5) is 27.0. The van der Waals surface area contributed by atoms with Crippen LogP contribution in [0.4, 0.5) is 5.69 Å². The second-order valence-corrected chi connectivity index (χ2v) is 7.59. The first kappa shape index (κ1) is 14.0. The van der Waals surface area contributed by atoms with E-state index >= 15 is 0 Å². The maximum atomic E-state index is 13.4. The molecule has 5 heterocycles. The minimum atomic E-state index is -0.957. The summed E-state index contributed by atoms with van der Waals surface area (Å²) in [6, 6.07) is 7.61.